The SMILES string of the molecule is CC(C)C(OCC1CCCCO1)C(=O)NN. The van der Waals surface area contributed by atoms with Gasteiger partial charge in [-0.15, -0.1) is 0 Å². The smallest absolute Gasteiger partial charge is 0.263 e. The molecule has 1 aliphatic rings. The van der Waals surface area contributed by atoms with Gasteiger partial charge < -0.3 is 9.47 Å². The van der Waals surface area contributed by atoms with E-state index in [0.717, 1.165) is 19.4 Å². The van der Waals surface area contributed by atoms with E-state index in [0.29, 0.717) is 6.61 Å². The van der Waals surface area contributed by atoms with E-state index in [4.69, 9.17) is 15.3 Å². The standard InChI is InChI=1S/C11H22N2O3/c1-8(2)10(11(14)13-12)16-7-9-5-3-4-6-15-9/h8-10H,3-7,12H2,1-2H3,(H,13,14). The molecule has 0 aromatic rings. The molecule has 0 aromatic carbocycles. The second kappa shape index (κ2) is 6.83. The van der Waals surface area contributed by atoms with Crippen LogP contribution in [0.25, 0.3) is 0 Å². The summed E-state index contributed by atoms with van der Waals surface area (Å²) in [5.41, 5.74) is 2.13. The van der Waals surface area contributed by atoms with Gasteiger partial charge in [-0.3, -0.25) is 10.2 Å². The fourth-order valence-electron chi connectivity index (χ4n) is 1.80. The van der Waals surface area contributed by atoms with Gasteiger partial charge in [-0.05, 0) is 25.2 Å². The lowest BCUT2D eigenvalue weighted by atomic mass is 10.1. The van der Waals surface area contributed by atoms with Crippen molar-refractivity contribution in [3.05, 3.63) is 0 Å². The Bertz CT molecular complexity index is 215. The highest BCUT2D eigenvalue weighted by Crippen LogP contribution is 2.15. The molecule has 0 aromatic heterocycles. The molecule has 1 rings (SSSR count). The summed E-state index contributed by atoms with van der Waals surface area (Å²) in [5, 5.41) is 0. The first kappa shape index (κ1) is 13.4. The van der Waals surface area contributed by atoms with Gasteiger partial charge in [0.1, 0.15) is 6.10 Å². The Hall–Kier alpha value is -0.650. The van der Waals surface area contributed by atoms with Crippen molar-refractivity contribution >= 4 is 5.91 Å². The van der Waals surface area contributed by atoms with E-state index in [1.807, 2.05) is 13.8 Å². The topological polar surface area (TPSA) is 73.6 Å². The molecule has 2 atom stereocenters. The maximum atomic E-state index is 11.4. The summed E-state index contributed by atoms with van der Waals surface area (Å²) in [6.45, 7) is 5.13. The van der Waals surface area contributed by atoms with Crippen molar-refractivity contribution in [1.29, 1.82) is 0 Å². The molecule has 5 nitrogen and oxygen atoms in total. The maximum Gasteiger partial charge on any atom is 0.263 e. The molecule has 1 heterocycles. The van der Waals surface area contributed by atoms with E-state index in [1.165, 1.54) is 6.42 Å². The van der Waals surface area contributed by atoms with Crippen molar-refractivity contribution in [3.8, 4) is 0 Å². The van der Waals surface area contributed by atoms with Crippen LogP contribution in [0.1, 0.15) is 33.1 Å². The van der Waals surface area contributed by atoms with E-state index in [9.17, 15) is 4.79 Å². The van der Waals surface area contributed by atoms with Crippen molar-refractivity contribution in [2.24, 2.45) is 11.8 Å². The highest BCUT2D eigenvalue weighted by Gasteiger charge is 2.24. The Kier molecular flexibility index (Phi) is 5.73. The number of hydrazine groups is 1. The molecule has 0 radical (unpaired) electrons. The van der Waals surface area contributed by atoms with E-state index in [-0.39, 0.29) is 17.9 Å². The van der Waals surface area contributed by atoms with Gasteiger partial charge in [-0.25, -0.2) is 5.84 Å². The summed E-state index contributed by atoms with van der Waals surface area (Å²) >= 11 is 0. The van der Waals surface area contributed by atoms with Gasteiger partial charge in [0.15, 0.2) is 0 Å². The van der Waals surface area contributed by atoms with Gasteiger partial charge in [0.05, 0.1) is 12.7 Å². The van der Waals surface area contributed by atoms with E-state index >= 15 is 0 Å². The first-order valence-electron chi connectivity index (χ1n) is 5.88. The number of nitrogens with two attached hydrogens (primary N) is 1. The number of carbonyl (C=O) groups is 1. The molecule has 1 aliphatic heterocycles. The van der Waals surface area contributed by atoms with Gasteiger partial charge >= 0.3 is 0 Å². The Balaban J connectivity index is 2.34. The first-order chi connectivity index (χ1) is 7.65. The number of hydrogen-bond acceptors (Lipinski definition) is 4. The van der Waals surface area contributed by atoms with Crippen LogP contribution in [0.4, 0.5) is 0 Å². The van der Waals surface area contributed by atoms with E-state index in [1.54, 1.807) is 0 Å². The minimum absolute atomic E-state index is 0.104. The zero-order chi connectivity index (χ0) is 12.0. The average Bonchev–Trinajstić information content (AvgIpc) is 2.30. The fraction of sp³-hybridized carbons (Fsp3) is 0.909. The van der Waals surface area contributed by atoms with Gasteiger partial charge in [-0.1, -0.05) is 13.8 Å². The summed E-state index contributed by atoms with van der Waals surface area (Å²) < 4.78 is 11.1. The summed E-state index contributed by atoms with van der Waals surface area (Å²) in [5.74, 6) is 4.94. The van der Waals surface area contributed by atoms with Crippen molar-refractivity contribution in [2.75, 3.05) is 13.2 Å². The molecular formula is C11H22N2O3. The van der Waals surface area contributed by atoms with Crippen LogP contribution >= 0.6 is 0 Å². The Morgan fingerprint density at radius 1 is 1.56 bits per heavy atom. The number of nitrogens with one attached hydrogen (secondary N) is 1. The molecule has 0 aliphatic carbocycles. The van der Waals surface area contributed by atoms with Crippen molar-refractivity contribution in [1.82, 2.24) is 5.43 Å². The maximum absolute atomic E-state index is 11.4. The number of carbonyl (C=O) groups excluding carboxylic acids is 1. The number of rotatable bonds is 5. The third-order valence-corrected chi connectivity index (χ3v) is 2.74. The molecule has 0 saturated carbocycles. The summed E-state index contributed by atoms with van der Waals surface area (Å²) in [7, 11) is 0. The predicted octanol–water partition coefficient (Wildman–Crippen LogP) is 0.587. The second-order valence-electron chi connectivity index (χ2n) is 4.50. The Morgan fingerprint density at radius 2 is 2.31 bits per heavy atom. The average molecular weight is 230 g/mol. The zero-order valence-corrected chi connectivity index (χ0v) is 10.1. The van der Waals surface area contributed by atoms with Crippen LogP contribution in [-0.4, -0.2) is 31.3 Å². The van der Waals surface area contributed by atoms with Crippen LogP contribution in [0.3, 0.4) is 0 Å². The highest BCUT2D eigenvalue weighted by atomic mass is 16.5. The second-order valence-corrected chi connectivity index (χ2v) is 4.50. The summed E-state index contributed by atoms with van der Waals surface area (Å²) in [6, 6.07) is 0. The zero-order valence-electron chi connectivity index (χ0n) is 10.1. The molecule has 1 fully saturated rings. The summed E-state index contributed by atoms with van der Waals surface area (Å²) in [4.78, 5) is 11.4. The van der Waals surface area contributed by atoms with Gasteiger partial charge in [0, 0.05) is 6.61 Å². The third-order valence-electron chi connectivity index (χ3n) is 2.74. The summed E-state index contributed by atoms with van der Waals surface area (Å²) in [6.07, 6.45) is 2.93. The monoisotopic (exact) mass is 230 g/mol. The lowest BCUT2D eigenvalue weighted by Crippen LogP contribution is -2.44. The van der Waals surface area contributed by atoms with Crippen LogP contribution in [0.5, 0.6) is 0 Å². The fourth-order valence-corrected chi connectivity index (χ4v) is 1.80. The van der Waals surface area contributed by atoms with Crippen molar-refractivity contribution in [2.45, 2.75) is 45.3 Å². The van der Waals surface area contributed by atoms with Crippen LogP contribution < -0.4 is 11.3 Å². The largest absolute Gasteiger partial charge is 0.376 e. The molecule has 16 heavy (non-hydrogen) atoms. The van der Waals surface area contributed by atoms with Gasteiger partial charge in [0.2, 0.25) is 0 Å². The van der Waals surface area contributed by atoms with E-state index < -0.39 is 6.10 Å². The molecule has 3 N–H and O–H groups in total. The molecule has 1 amide bonds. The quantitative estimate of drug-likeness (QED) is 0.412. The predicted molar refractivity (Wildman–Crippen MR) is 60.5 cm³/mol. The minimum Gasteiger partial charge on any atom is -0.376 e. The molecular weight excluding hydrogens is 208 g/mol. The van der Waals surface area contributed by atoms with Crippen LogP contribution in [0.15, 0.2) is 0 Å². The minimum atomic E-state index is -0.490. The molecule has 94 valence electrons. The molecule has 1 saturated heterocycles. The van der Waals surface area contributed by atoms with Gasteiger partial charge in [-0.2, -0.15) is 0 Å². The van der Waals surface area contributed by atoms with E-state index in [2.05, 4.69) is 5.43 Å². The number of amides is 1. The first-order valence-corrected chi connectivity index (χ1v) is 5.88. The highest BCUT2D eigenvalue weighted by molar-refractivity contribution is 5.80. The Labute approximate surface area is 96.6 Å². The van der Waals surface area contributed by atoms with Gasteiger partial charge in [0.25, 0.3) is 5.91 Å². The van der Waals surface area contributed by atoms with Crippen molar-refractivity contribution < 1.29 is 14.3 Å². The third kappa shape index (κ3) is 4.08. The number of ether oxygens (including phenoxy) is 2. The molecule has 2 unspecified atom stereocenters. The van der Waals surface area contributed by atoms with Crippen LogP contribution in [-0.2, 0) is 14.3 Å². The lowest BCUT2D eigenvalue weighted by Gasteiger charge is -2.26. The molecule has 0 bridgehead atoms. The normalized spacial score (nSPS) is 23.1. The molecule has 0 spiro atoms. The Morgan fingerprint density at radius 3 is 2.81 bits per heavy atom. The van der Waals surface area contributed by atoms with Crippen LogP contribution in [0.2, 0.25) is 0 Å². The van der Waals surface area contributed by atoms with Crippen LogP contribution in [0, 0.1) is 5.92 Å². The van der Waals surface area contributed by atoms with Crippen molar-refractivity contribution in [3.63, 3.8) is 0 Å². The lowest BCUT2D eigenvalue weighted by molar-refractivity contribution is -0.140. The molecule has 5 heteroatoms. The number of hydrogen-bond donors (Lipinski definition) is 2.